The molecule has 5 fully saturated rings. The maximum Gasteiger partial charge on any atom is 0.268 e. The second kappa shape index (κ2) is 8.84. The summed E-state index contributed by atoms with van der Waals surface area (Å²) < 4.78 is 35.1. The number of piperidine rings is 1. The summed E-state index contributed by atoms with van der Waals surface area (Å²) in [6.45, 7) is 2.70. The number of ether oxygens (including phenoxy) is 1. The molecule has 0 radical (unpaired) electrons. The van der Waals surface area contributed by atoms with Gasteiger partial charge in [0.25, 0.3) is 10.0 Å². The molecule has 2 aromatic carbocycles. The standard InChI is InChI=1S/C30H36N2O4S/c33-29(30-16-22-13-23(17-30)15-24(14-22)18-30)20-31-11-9-21(10-12-31)19-32-25-5-1-2-6-26(25)36-27-7-3-4-8-28(27)37(32,34)35/h1-8,21-24H,9-20H2. The van der Waals surface area contributed by atoms with Crippen LogP contribution in [0.25, 0.3) is 0 Å². The van der Waals surface area contributed by atoms with Crippen molar-refractivity contribution in [2.75, 3.05) is 30.5 Å². The molecule has 7 heteroatoms. The summed E-state index contributed by atoms with van der Waals surface area (Å²) in [7, 11) is -3.75. The molecular weight excluding hydrogens is 484 g/mol. The van der Waals surface area contributed by atoms with Gasteiger partial charge in [-0.3, -0.25) is 14.0 Å². The number of para-hydroxylation sites is 3. The van der Waals surface area contributed by atoms with Crippen molar-refractivity contribution in [1.82, 2.24) is 4.90 Å². The Bertz CT molecular complexity index is 1280. The second-order valence-electron chi connectivity index (χ2n) is 12.4. The monoisotopic (exact) mass is 520 g/mol. The zero-order chi connectivity index (χ0) is 25.2. The molecule has 0 amide bonds. The van der Waals surface area contributed by atoms with Crippen LogP contribution in [0.4, 0.5) is 5.69 Å². The van der Waals surface area contributed by atoms with Gasteiger partial charge in [0.15, 0.2) is 11.5 Å². The van der Waals surface area contributed by atoms with Gasteiger partial charge in [0.05, 0.1) is 12.2 Å². The van der Waals surface area contributed by atoms with E-state index in [9.17, 15) is 13.2 Å². The molecule has 4 bridgehead atoms. The second-order valence-corrected chi connectivity index (χ2v) is 14.2. The third-order valence-electron chi connectivity index (χ3n) is 9.90. The number of Topliss-reactive ketones (excluding diaryl/α,β-unsaturated/α-hetero) is 1. The number of anilines is 1. The molecule has 0 atom stereocenters. The highest BCUT2D eigenvalue weighted by atomic mass is 32.2. The van der Waals surface area contributed by atoms with Gasteiger partial charge in [0.1, 0.15) is 10.6 Å². The van der Waals surface area contributed by atoms with Gasteiger partial charge in [-0.1, -0.05) is 24.3 Å². The van der Waals surface area contributed by atoms with Crippen LogP contribution in [-0.4, -0.2) is 45.3 Å². The Hall–Kier alpha value is -2.38. The van der Waals surface area contributed by atoms with Crippen LogP contribution in [0.2, 0.25) is 0 Å². The van der Waals surface area contributed by atoms with Crippen LogP contribution in [0.1, 0.15) is 51.4 Å². The Balaban J connectivity index is 1.04. The first-order valence-corrected chi connectivity index (χ1v) is 15.5. The molecule has 2 aliphatic heterocycles. The Morgan fingerprint density at radius 1 is 0.865 bits per heavy atom. The molecule has 0 unspecified atom stereocenters. The number of carbonyl (C=O) groups is 1. The summed E-state index contributed by atoms with van der Waals surface area (Å²) in [5.41, 5.74) is 0.557. The Kier molecular flexibility index (Phi) is 5.67. The number of carbonyl (C=O) groups excluding carboxylic acids is 1. The molecular formula is C30H36N2O4S. The Morgan fingerprint density at radius 2 is 1.46 bits per heavy atom. The highest BCUT2D eigenvalue weighted by molar-refractivity contribution is 7.93. The van der Waals surface area contributed by atoms with Crippen molar-refractivity contribution >= 4 is 21.5 Å². The number of benzene rings is 2. The zero-order valence-electron chi connectivity index (χ0n) is 21.3. The molecule has 196 valence electrons. The van der Waals surface area contributed by atoms with E-state index >= 15 is 0 Å². The van der Waals surface area contributed by atoms with Gasteiger partial charge in [-0.2, -0.15) is 0 Å². The minimum Gasteiger partial charge on any atom is -0.454 e. The number of likely N-dealkylation sites (tertiary alicyclic amines) is 1. The first kappa shape index (κ1) is 23.7. The minimum atomic E-state index is -3.75. The molecule has 8 rings (SSSR count). The van der Waals surface area contributed by atoms with E-state index in [2.05, 4.69) is 4.90 Å². The molecule has 4 aliphatic carbocycles. The van der Waals surface area contributed by atoms with Crippen LogP contribution < -0.4 is 9.04 Å². The SMILES string of the molecule is O=C(CN1CCC(CN2c3ccccc3Oc3ccccc3S2(=O)=O)CC1)C12CC3CC(CC(C3)C1)C2. The van der Waals surface area contributed by atoms with Crippen molar-refractivity contribution in [3.05, 3.63) is 48.5 Å². The molecule has 4 saturated carbocycles. The molecule has 1 saturated heterocycles. The Morgan fingerprint density at radius 3 is 2.14 bits per heavy atom. The number of ketones is 1. The van der Waals surface area contributed by atoms with E-state index in [1.165, 1.54) is 19.3 Å². The Labute approximate surface area is 220 Å². The van der Waals surface area contributed by atoms with Gasteiger partial charge in [-0.05, 0) is 112 Å². The van der Waals surface area contributed by atoms with E-state index in [4.69, 9.17) is 4.74 Å². The van der Waals surface area contributed by atoms with Crippen LogP contribution in [0.15, 0.2) is 53.4 Å². The number of rotatable bonds is 5. The van der Waals surface area contributed by atoms with Crippen molar-refractivity contribution in [2.24, 2.45) is 29.1 Å². The molecule has 6 aliphatic rings. The van der Waals surface area contributed by atoms with Gasteiger partial charge in [-0.25, -0.2) is 8.42 Å². The fourth-order valence-corrected chi connectivity index (χ4v) is 10.1. The normalized spacial score (nSPS) is 32.3. The number of fused-ring (bicyclic) bond motifs is 2. The van der Waals surface area contributed by atoms with Crippen molar-refractivity contribution in [2.45, 2.75) is 56.3 Å². The quantitative estimate of drug-likeness (QED) is 0.522. The van der Waals surface area contributed by atoms with Crippen LogP contribution >= 0.6 is 0 Å². The fraction of sp³-hybridized carbons (Fsp3) is 0.567. The third-order valence-corrected chi connectivity index (χ3v) is 11.7. The number of hydrogen-bond acceptors (Lipinski definition) is 5. The lowest BCUT2D eigenvalue weighted by Gasteiger charge is -2.56. The number of sulfonamides is 1. The van der Waals surface area contributed by atoms with Crippen molar-refractivity contribution in [1.29, 1.82) is 0 Å². The molecule has 0 aromatic heterocycles. The molecule has 0 spiro atoms. The van der Waals surface area contributed by atoms with Gasteiger partial charge < -0.3 is 4.74 Å². The first-order chi connectivity index (χ1) is 17.9. The molecule has 37 heavy (non-hydrogen) atoms. The summed E-state index contributed by atoms with van der Waals surface area (Å²) in [6, 6.07) is 14.3. The van der Waals surface area contributed by atoms with Gasteiger partial charge >= 0.3 is 0 Å². The summed E-state index contributed by atoms with van der Waals surface area (Å²) >= 11 is 0. The van der Waals surface area contributed by atoms with Crippen LogP contribution in [0.3, 0.4) is 0 Å². The van der Waals surface area contributed by atoms with E-state index in [1.54, 1.807) is 28.6 Å². The van der Waals surface area contributed by atoms with Crippen molar-refractivity contribution in [3.8, 4) is 11.5 Å². The maximum atomic E-state index is 13.8. The van der Waals surface area contributed by atoms with Crippen LogP contribution in [0, 0.1) is 29.1 Å². The number of nitrogens with zero attached hydrogens (tertiary/aromatic N) is 2. The lowest BCUT2D eigenvalue weighted by Crippen LogP contribution is -2.53. The average Bonchev–Trinajstić information content (AvgIpc) is 2.97. The number of hydrogen-bond donors (Lipinski definition) is 0. The molecule has 0 N–H and O–H groups in total. The van der Waals surface area contributed by atoms with E-state index in [-0.39, 0.29) is 16.2 Å². The van der Waals surface area contributed by atoms with E-state index in [1.807, 2.05) is 24.3 Å². The predicted molar refractivity (Wildman–Crippen MR) is 142 cm³/mol. The first-order valence-electron chi connectivity index (χ1n) is 14.0. The topological polar surface area (TPSA) is 66.9 Å². The zero-order valence-corrected chi connectivity index (χ0v) is 22.2. The van der Waals surface area contributed by atoms with Crippen molar-refractivity contribution in [3.63, 3.8) is 0 Å². The van der Waals surface area contributed by atoms with E-state index in [0.717, 1.165) is 62.9 Å². The van der Waals surface area contributed by atoms with Crippen molar-refractivity contribution < 1.29 is 17.9 Å². The molecule has 2 heterocycles. The van der Waals surface area contributed by atoms with Gasteiger partial charge in [-0.15, -0.1) is 0 Å². The fourth-order valence-electron chi connectivity index (χ4n) is 8.44. The molecule has 2 aromatic rings. The lowest BCUT2D eigenvalue weighted by atomic mass is 9.48. The van der Waals surface area contributed by atoms with E-state index < -0.39 is 10.0 Å². The summed E-state index contributed by atoms with van der Waals surface area (Å²) in [4.78, 5) is 16.1. The van der Waals surface area contributed by atoms with Gasteiger partial charge in [0, 0.05) is 12.0 Å². The third kappa shape index (κ3) is 4.09. The largest absolute Gasteiger partial charge is 0.454 e. The maximum absolute atomic E-state index is 13.8. The summed E-state index contributed by atoms with van der Waals surface area (Å²) in [6.07, 6.45) is 9.25. The van der Waals surface area contributed by atoms with E-state index in [0.29, 0.717) is 36.1 Å². The van der Waals surface area contributed by atoms with Gasteiger partial charge in [0.2, 0.25) is 0 Å². The van der Waals surface area contributed by atoms with Crippen LogP contribution in [-0.2, 0) is 14.8 Å². The highest BCUT2D eigenvalue weighted by Crippen LogP contribution is 2.60. The summed E-state index contributed by atoms with van der Waals surface area (Å²) in [5, 5.41) is 0. The average molecular weight is 521 g/mol. The smallest absolute Gasteiger partial charge is 0.268 e. The minimum absolute atomic E-state index is 0.0389. The predicted octanol–water partition coefficient (Wildman–Crippen LogP) is 5.49. The lowest BCUT2D eigenvalue weighted by molar-refractivity contribution is -0.145. The van der Waals surface area contributed by atoms with Crippen LogP contribution in [0.5, 0.6) is 11.5 Å². The highest BCUT2D eigenvalue weighted by Gasteiger charge is 2.54. The molecule has 6 nitrogen and oxygen atoms in total. The summed E-state index contributed by atoms with van der Waals surface area (Å²) in [5.74, 6) is 4.02.